The van der Waals surface area contributed by atoms with Gasteiger partial charge in [-0.3, -0.25) is 0 Å². The van der Waals surface area contributed by atoms with Gasteiger partial charge in [-0.15, -0.1) is 0 Å². The molecule has 0 aliphatic heterocycles. The fourth-order valence-corrected chi connectivity index (χ4v) is 3.70. The monoisotopic (exact) mass is 309 g/mol. The van der Waals surface area contributed by atoms with Crippen LogP contribution in [0.25, 0.3) is 0 Å². The Balaban J connectivity index is 2.25. The summed E-state index contributed by atoms with van der Waals surface area (Å²) in [7, 11) is 1.74. The van der Waals surface area contributed by atoms with Crippen LogP contribution in [0.4, 0.5) is 0 Å². The number of nitrogens with one attached hydrogen (secondary N) is 1. The van der Waals surface area contributed by atoms with E-state index < -0.39 is 0 Å². The molecule has 1 aliphatic rings. The molecule has 1 unspecified atom stereocenters. The maximum absolute atomic E-state index is 6.23. The highest BCUT2D eigenvalue weighted by atomic mass is 35.5. The Labute approximate surface area is 134 Å². The van der Waals surface area contributed by atoms with E-state index in [9.17, 15) is 0 Å². The molecule has 1 atom stereocenters. The highest BCUT2D eigenvalue weighted by Gasteiger charge is 2.25. The standard InChI is InChI=1S/C18H28ClNO/c1-3-20-18(14-9-7-5-4-6-8-10-14)16-13-15(19)11-12-17(16)21-2/h11-14,18,20H,3-10H2,1-2H3. The molecule has 1 fully saturated rings. The predicted octanol–water partition coefficient (Wildman–Crippen LogP) is 5.36. The topological polar surface area (TPSA) is 21.3 Å². The van der Waals surface area contributed by atoms with Crippen molar-refractivity contribution in [2.75, 3.05) is 13.7 Å². The molecule has 1 aromatic rings. The third-order valence-electron chi connectivity index (χ3n) is 4.57. The van der Waals surface area contributed by atoms with Crippen molar-refractivity contribution in [3.8, 4) is 5.75 Å². The average Bonchev–Trinajstić information content (AvgIpc) is 2.45. The van der Waals surface area contributed by atoms with Gasteiger partial charge in [0.05, 0.1) is 7.11 Å². The zero-order chi connectivity index (χ0) is 15.1. The Morgan fingerprint density at radius 3 is 2.48 bits per heavy atom. The predicted molar refractivity (Wildman–Crippen MR) is 90.2 cm³/mol. The summed E-state index contributed by atoms with van der Waals surface area (Å²) >= 11 is 6.23. The molecule has 1 N–H and O–H groups in total. The lowest BCUT2D eigenvalue weighted by Gasteiger charge is -2.31. The molecule has 21 heavy (non-hydrogen) atoms. The third kappa shape index (κ3) is 4.62. The molecule has 3 heteroatoms. The van der Waals surface area contributed by atoms with Gasteiger partial charge < -0.3 is 10.1 Å². The number of hydrogen-bond donors (Lipinski definition) is 1. The molecular formula is C18H28ClNO. The van der Waals surface area contributed by atoms with E-state index in [4.69, 9.17) is 16.3 Å². The number of halogens is 1. The summed E-state index contributed by atoms with van der Waals surface area (Å²) in [5, 5.41) is 4.47. The van der Waals surface area contributed by atoms with Gasteiger partial charge in [0, 0.05) is 16.6 Å². The highest BCUT2D eigenvalue weighted by Crippen LogP contribution is 2.37. The molecule has 0 radical (unpaired) electrons. The lowest BCUT2D eigenvalue weighted by Crippen LogP contribution is -2.29. The third-order valence-corrected chi connectivity index (χ3v) is 4.81. The molecule has 0 aromatic heterocycles. The van der Waals surface area contributed by atoms with E-state index in [2.05, 4.69) is 18.3 Å². The van der Waals surface area contributed by atoms with Crippen LogP contribution in [-0.2, 0) is 0 Å². The lowest BCUT2D eigenvalue weighted by molar-refractivity contribution is 0.284. The van der Waals surface area contributed by atoms with Gasteiger partial charge in [-0.1, -0.05) is 50.6 Å². The van der Waals surface area contributed by atoms with Crippen molar-refractivity contribution < 1.29 is 4.74 Å². The van der Waals surface area contributed by atoms with Crippen LogP contribution in [-0.4, -0.2) is 13.7 Å². The van der Waals surface area contributed by atoms with Crippen LogP contribution in [0.2, 0.25) is 5.02 Å². The second-order valence-electron chi connectivity index (χ2n) is 6.03. The molecule has 0 spiro atoms. The van der Waals surface area contributed by atoms with Gasteiger partial charge in [0.25, 0.3) is 0 Å². The molecule has 1 aromatic carbocycles. The summed E-state index contributed by atoms with van der Waals surface area (Å²) in [5.74, 6) is 1.63. The molecule has 0 saturated heterocycles. The minimum atomic E-state index is 0.349. The first-order chi connectivity index (χ1) is 10.3. The van der Waals surface area contributed by atoms with E-state index in [1.165, 1.54) is 50.5 Å². The van der Waals surface area contributed by atoms with Crippen molar-refractivity contribution in [2.24, 2.45) is 5.92 Å². The summed E-state index contributed by atoms with van der Waals surface area (Å²) in [4.78, 5) is 0. The Kier molecular flexibility index (Phi) is 6.85. The van der Waals surface area contributed by atoms with Gasteiger partial charge >= 0.3 is 0 Å². The van der Waals surface area contributed by atoms with Crippen molar-refractivity contribution in [1.29, 1.82) is 0 Å². The first-order valence-electron chi connectivity index (χ1n) is 8.33. The number of methoxy groups -OCH3 is 1. The van der Waals surface area contributed by atoms with E-state index >= 15 is 0 Å². The Hall–Kier alpha value is -0.730. The van der Waals surface area contributed by atoms with E-state index in [0.717, 1.165) is 17.3 Å². The average molecular weight is 310 g/mol. The first-order valence-corrected chi connectivity index (χ1v) is 8.71. The van der Waals surface area contributed by atoms with Crippen molar-refractivity contribution in [3.63, 3.8) is 0 Å². The SMILES string of the molecule is CCNC(c1cc(Cl)ccc1OC)C1CCCCCCC1. The molecular weight excluding hydrogens is 282 g/mol. The number of rotatable bonds is 5. The van der Waals surface area contributed by atoms with Crippen molar-refractivity contribution >= 4 is 11.6 Å². The van der Waals surface area contributed by atoms with Gasteiger partial charge in [0.1, 0.15) is 5.75 Å². The minimum absolute atomic E-state index is 0.349. The summed E-state index contributed by atoms with van der Waals surface area (Å²) in [6.07, 6.45) is 9.44. The molecule has 118 valence electrons. The van der Waals surface area contributed by atoms with E-state index in [1.54, 1.807) is 7.11 Å². The highest BCUT2D eigenvalue weighted by molar-refractivity contribution is 6.30. The molecule has 0 amide bonds. The second kappa shape index (κ2) is 8.65. The normalized spacial score (nSPS) is 18.8. The fraction of sp³-hybridized carbons (Fsp3) is 0.667. The Morgan fingerprint density at radius 1 is 1.19 bits per heavy atom. The largest absolute Gasteiger partial charge is 0.496 e. The van der Waals surface area contributed by atoms with Gasteiger partial charge in [0.15, 0.2) is 0 Å². The molecule has 2 nitrogen and oxygen atoms in total. The fourth-order valence-electron chi connectivity index (χ4n) is 3.52. The minimum Gasteiger partial charge on any atom is -0.496 e. The van der Waals surface area contributed by atoms with Crippen LogP contribution in [0.1, 0.15) is 63.5 Å². The van der Waals surface area contributed by atoms with Crippen LogP contribution >= 0.6 is 11.6 Å². The second-order valence-corrected chi connectivity index (χ2v) is 6.46. The van der Waals surface area contributed by atoms with E-state index in [1.807, 2.05) is 12.1 Å². The molecule has 2 rings (SSSR count). The summed E-state index contributed by atoms with van der Waals surface area (Å²) in [6.45, 7) is 3.14. The summed E-state index contributed by atoms with van der Waals surface area (Å²) in [5.41, 5.74) is 1.22. The molecule has 0 bridgehead atoms. The first kappa shape index (κ1) is 16.6. The lowest BCUT2D eigenvalue weighted by atomic mass is 9.82. The van der Waals surface area contributed by atoms with Crippen molar-refractivity contribution in [1.82, 2.24) is 5.32 Å². The van der Waals surface area contributed by atoms with Crippen LogP contribution in [0.15, 0.2) is 18.2 Å². The quantitative estimate of drug-likeness (QED) is 0.790. The van der Waals surface area contributed by atoms with Crippen LogP contribution in [0.3, 0.4) is 0 Å². The number of ether oxygens (including phenoxy) is 1. The zero-order valence-electron chi connectivity index (χ0n) is 13.3. The maximum Gasteiger partial charge on any atom is 0.123 e. The summed E-state index contributed by atoms with van der Waals surface area (Å²) in [6, 6.07) is 6.32. The maximum atomic E-state index is 6.23. The number of hydrogen-bond acceptors (Lipinski definition) is 2. The van der Waals surface area contributed by atoms with E-state index in [0.29, 0.717) is 12.0 Å². The van der Waals surface area contributed by atoms with Gasteiger partial charge in [-0.05, 0) is 43.5 Å². The summed E-state index contributed by atoms with van der Waals surface area (Å²) < 4.78 is 5.58. The Bertz CT molecular complexity index is 427. The van der Waals surface area contributed by atoms with Gasteiger partial charge in [-0.25, -0.2) is 0 Å². The van der Waals surface area contributed by atoms with Gasteiger partial charge in [-0.2, -0.15) is 0 Å². The van der Waals surface area contributed by atoms with E-state index in [-0.39, 0.29) is 0 Å². The van der Waals surface area contributed by atoms with Crippen LogP contribution < -0.4 is 10.1 Å². The molecule has 1 aliphatic carbocycles. The smallest absolute Gasteiger partial charge is 0.123 e. The molecule has 1 saturated carbocycles. The van der Waals surface area contributed by atoms with Gasteiger partial charge in [0.2, 0.25) is 0 Å². The van der Waals surface area contributed by atoms with Crippen molar-refractivity contribution in [2.45, 2.75) is 57.9 Å². The number of benzene rings is 1. The van der Waals surface area contributed by atoms with Crippen molar-refractivity contribution in [3.05, 3.63) is 28.8 Å². The van der Waals surface area contributed by atoms with Crippen LogP contribution in [0.5, 0.6) is 5.75 Å². The molecule has 0 heterocycles. The Morgan fingerprint density at radius 2 is 1.86 bits per heavy atom. The zero-order valence-corrected chi connectivity index (χ0v) is 14.1. The van der Waals surface area contributed by atoms with Crippen LogP contribution in [0, 0.1) is 5.92 Å².